The smallest absolute Gasteiger partial charge is 0.338 e. The fourth-order valence-electron chi connectivity index (χ4n) is 5.90. The number of carbonyl (C=O) groups excluding carboxylic acids is 2. The molecule has 1 fully saturated rings. The number of hydrogen-bond acceptors (Lipinski definition) is 15. The van der Waals surface area contributed by atoms with Crippen molar-refractivity contribution in [2.24, 2.45) is 0 Å². The standard InChI is InChI=1S/C19H24N8O.C13H11ClN6O.C5H3ClN2O2/c1-4-20-15-5-6-26(10-15)19-21-7-14(8-22-19)18(28)25-16-11-27-9-12(2)23-17(27)13(3)24-16;1-7-5-20-6-10(18-8(2)11(20)17-7)19-12(21)9-3-15-13(14)16-4-9;6-5-7-1-3(2-8-5)4(9)10/h7-9,11,15,20H,4-6,10H2,1-3H3,(H,25,28);3-6H,1-2H3,(H,19,21);1-2H,(H,9,10)/t15-;;/m1../s1. The first-order valence-corrected chi connectivity index (χ1v) is 18.8. The van der Waals surface area contributed by atoms with Gasteiger partial charge in [-0.05, 0) is 63.9 Å². The molecule has 0 bridgehead atoms. The van der Waals surface area contributed by atoms with Gasteiger partial charge >= 0.3 is 5.97 Å². The summed E-state index contributed by atoms with van der Waals surface area (Å²) in [6.45, 7) is 12.4. The molecule has 8 rings (SSSR count). The Kier molecular flexibility index (Phi) is 13.2. The molecule has 0 aliphatic carbocycles. The molecule has 0 saturated carbocycles. The van der Waals surface area contributed by atoms with Crippen molar-refractivity contribution >= 4 is 69.9 Å². The van der Waals surface area contributed by atoms with Crippen LogP contribution in [-0.4, -0.2) is 107 Å². The molecule has 7 aromatic heterocycles. The number of amides is 2. The van der Waals surface area contributed by atoms with Gasteiger partial charge in [0.2, 0.25) is 16.5 Å². The number of carboxylic acids is 1. The van der Waals surface area contributed by atoms with Crippen LogP contribution in [0.4, 0.5) is 17.6 Å². The van der Waals surface area contributed by atoms with Gasteiger partial charge in [0.15, 0.2) is 11.3 Å². The summed E-state index contributed by atoms with van der Waals surface area (Å²) < 4.78 is 3.69. The predicted molar refractivity (Wildman–Crippen MR) is 218 cm³/mol. The Morgan fingerprint density at radius 3 is 1.56 bits per heavy atom. The Bertz CT molecular complexity index is 2600. The summed E-state index contributed by atoms with van der Waals surface area (Å²) in [6, 6.07) is 0.465. The molecule has 8 heterocycles. The maximum Gasteiger partial charge on any atom is 0.338 e. The molecule has 59 heavy (non-hydrogen) atoms. The number of likely N-dealkylation sites (N-methyl/N-ethyl adjacent to an activating group) is 1. The van der Waals surface area contributed by atoms with Crippen LogP contribution in [0.3, 0.4) is 0 Å². The summed E-state index contributed by atoms with van der Waals surface area (Å²) in [5.41, 5.74) is 5.54. The summed E-state index contributed by atoms with van der Waals surface area (Å²) in [5.74, 6) is -0.156. The Morgan fingerprint density at radius 1 is 0.678 bits per heavy atom. The first-order valence-electron chi connectivity index (χ1n) is 18.0. The number of hydrogen-bond donors (Lipinski definition) is 4. The monoisotopic (exact) mass is 840 g/mol. The number of carbonyl (C=O) groups is 3. The zero-order valence-corrected chi connectivity index (χ0v) is 33.9. The van der Waals surface area contributed by atoms with Crippen molar-refractivity contribution in [3.8, 4) is 0 Å². The molecular weight excluding hydrogens is 803 g/mol. The fraction of sp³-hybridized carbons (Fsp3) is 0.270. The number of nitrogens with zero attached hydrogens (tertiary/aromatic N) is 13. The highest BCUT2D eigenvalue weighted by molar-refractivity contribution is 6.28. The molecule has 1 atom stereocenters. The van der Waals surface area contributed by atoms with Crippen LogP contribution in [-0.2, 0) is 0 Å². The third-order valence-corrected chi connectivity index (χ3v) is 8.94. The minimum Gasteiger partial charge on any atom is -0.478 e. The Morgan fingerprint density at radius 2 is 1.12 bits per heavy atom. The van der Waals surface area contributed by atoms with E-state index in [2.05, 4.69) is 77.6 Å². The number of rotatable bonds is 8. The normalized spacial score (nSPS) is 13.3. The molecule has 0 spiro atoms. The van der Waals surface area contributed by atoms with Gasteiger partial charge in [0.1, 0.15) is 11.6 Å². The molecule has 20 nitrogen and oxygen atoms in total. The van der Waals surface area contributed by atoms with Crippen molar-refractivity contribution in [2.75, 3.05) is 35.2 Å². The quantitative estimate of drug-likeness (QED) is 0.154. The fourth-order valence-corrected chi connectivity index (χ4v) is 6.09. The van der Waals surface area contributed by atoms with E-state index < -0.39 is 5.97 Å². The van der Waals surface area contributed by atoms with Gasteiger partial charge in [-0.3, -0.25) is 9.59 Å². The predicted octanol–water partition coefficient (Wildman–Crippen LogP) is 4.45. The van der Waals surface area contributed by atoms with Crippen LogP contribution in [0, 0.1) is 27.7 Å². The maximum atomic E-state index is 12.6. The number of halogens is 2. The van der Waals surface area contributed by atoms with E-state index in [0.29, 0.717) is 34.8 Å². The molecule has 0 radical (unpaired) electrons. The lowest BCUT2D eigenvalue weighted by Gasteiger charge is -2.16. The Hall–Kier alpha value is -6.77. The van der Waals surface area contributed by atoms with Crippen molar-refractivity contribution in [1.29, 1.82) is 0 Å². The second kappa shape index (κ2) is 18.7. The number of anilines is 3. The Labute approximate surface area is 346 Å². The maximum absolute atomic E-state index is 12.6. The van der Waals surface area contributed by atoms with Crippen LogP contribution in [0.1, 0.15) is 67.2 Å². The van der Waals surface area contributed by atoms with E-state index in [4.69, 9.17) is 28.3 Å². The minimum atomic E-state index is -1.06. The van der Waals surface area contributed by atoms with E-state index >= 15 is 0 Å². The lowest BCUT2D eigenvalue weighted by atomic mass is 10.3. The number of nitrogens with one attached hydrogen (secondary N) is 3. The molecule has 22 heteroatoms. The van der Waals surface area contributed by atoms with Gasteiger partial charge in [-0.2, -0.15) is 0 Å². The van der Waals surface area contributed by atoms with Gasteiger partial charge in [0.05, 0.1) is 51.9 Å². The van der Waals surface area contributed by atoms with E-state index in [-0.39, 0.29) is 27.9 Å². The van der Waals surface area contributed by atoms with Crippen molar-refractivity contribution in [3.05, 3.63) is 112 Å². The van der Waals surface area contributed by atoms with Gasteiger partial charge in [-0.25, -0.2) is 54.6 Å². The van der Waals surface area contributed by atoms with Crippen LogP contribution in [0.25, 0.3) is 11.3 Å². The van der Waals surface area contributed by atoms with Crippen molar-refractivity contribution in [1.82, 2.24) is 64.0 Å². The number of carboxylic acid groups (broad SMARTS) is 1. The third-order valence-electron chi connectivity index (χ3n) is 8.55. The SMILES string of the molecule is CCN[C@@H]1CCN(c2ncc(C(=O)Nc3cn4cc(C)nc4c(C)n3)cn2)C1.Cc1cn2cc(NC(=O)c3cnc(Cl)nc3)nc(C)c2n1.O=C(O)c1cnc(Cl)nc1. The second-order valence-corrected chi connectivity index (χ2v) is 13.8. The zero-order valence-electron chi connectivity index (χ0n) is 32.4. The Balaban J connectivity index is 0.000000165. The van der Waals surface area contributed by atoms with E-state index in [1.807, 2.05) is 48.9 Å². The summed E-state index contributed by atoms with van der Waals surface area (Å²) in [5, 5.41) is 17.4. The number of imidazole rings is 2. The number of aromatic nitrogens is 12. The van der Waals surface area contributed by atoms with Crippen LogP contribution >= 0.6 is 23.2 Å². The number of aromatic carboxylic acids is 1. The zero-order chi connectivity index (χ0) is 42.2. The molecule has 2 amide bonds. The van der Waals surface area contributed by atoms with Crippen LogP contribution in [0.15, 0.2) is 62.0 Å². The van der Waals surface area contributed by atoms with E-state index in [9.17, 15) is 14.4 Å². The lowest BCUT2D eigenvalue weighted by Crippen LogP contribution is -2.32. The van der Waals surface area contributed by atoms with Crippen LogP contribution in [0.5, 0.6) is 0 Å². The van der Waals surface area contributed by atoms with Crippen molar-refractivity contribution in [3.63, 3.8) is 0 Å². The molecule has 7 aromatic rings. The second-order valence-electron chi connectivity index (χ2n) is 13.1. The molecule has 0 unspecified atom stereocenters. The summed E-state index contributed by atoms with van der Waals surface area (Å²) in [6.07, 6.45) is 16.4. The topological polar surface area (TPSA) is 248 Å². The average Bonchev–Trinajstić information content (AvgIpc) is 3.94. The largest absolute Gasteiger partial charge is 0.478 e. The molecule has 0 aromatic carbocycles. The summed E-state index contributed by atoms with van der Waals surface area (Å²) in [7, 11) is 0. The molecule has 1 aliphatic heterocycles. The number of fused-ring (bicyclic) bond motifs is 2. The molecule has 304 valence electrons. The van der Waals surface area contributed by atoms with Crippen molar-refractivity contribution in [2.45, 2.75) is 47.1 Å². The molecular formula is C37H38Cl2N16O4. The first kappa shape index (κ1) is 41.9. The van der Waals surface area contributed by atoms with Crippen molar-refractivity contribution < 1.29 is 19.5 Å². The highest BCUT2D eigenvalue weighted by atomic mass is 35.5. The van der Waals surface area contributed by atoms with Gasteiger partial charge in [-0.1, -0.05) is 6.92 Å². The minimum absolute atomic E-state index is 0.0319. The van der Waals surface area contributed by atoms with Gasteiger partial charge in [-0.15, -0.1) is 0 Å². The summed E-state index contributed by atoms with van der Waals surface area (Å²) >= 11 is 10.9. The summed E-state index contributed by atoms with van der Waals surface area (Å²) in [4.78, 5) is 77.7. The van der Waals surface area contributed by atoms with E-state index in [1.54, 1.807) is 24.8 Å². The third kappa shape index (κ3) is 10.8. The molecule has 4 N–H and O–H groups in total. The van der Waals surface area contributed by atoms with Gasteiger partial charge in [0, 0.05) is 68.7 Å². The highest BCUT2D eigenvalue weighted by Crippen LogP contribution is 2.18. The van der Waals surface area contributed by atoms with E-state index in [0.717, 1.165) is 72.5 Å². The van der Waals surface area contributed by atoms with Gasteiger partial charge in [0.25, 0.3) is 11.8 Å². The van der Waals surface area contributed by atoms with E-state index in [1.165, 1.54) is 12.4 Å². The first-order chi connectivity index (χ1) is 28.3. The lowest BCUT2D eigenvalue weighted by molar-refractivity contribution is 0.0695. The molecule has 1 aliphatic rings. The average molecular weight is 842 g/mol. The van der Waals surface area contributed by atoms with Crippen LogP contribution < -0.4 is 20.9 Å². The number of aryl methyl sites for hydroxylation is 4. The van der Waals surface area contributed by atoms with Crippen LogP contribution in [0.2, 0.25) is 10.6 Å². The molecule has 1 saturated heterocycles. The van der Waals surface area contributed by atoms with Gasteiger partial charge < -0.3 is 34.8 Å². The highest BCUT2D eigenvalue weighted by Gasteiger charge is 2.24.